The fourth-order valence-electron chi connectivity index (χ4n) is 0.816. The van der Waals surface area contributed by atoms with E-state index in [0.717, 1.165) is 6.08 Å². The Balaban J connectivity index is 3.28. The van der Waals surface area contributed by atoms with Gasteiger partial charge in [0.15, 0.2) is 23.2 Å². The summed E-state index contributed by atoms with van der Waals surface area (Å²) in [6.07, 6.45) is 0.895. The largest absolute Gasteiger partial charge is 0.289 e. The fourth-order valence-corrected chi connectivity index (χ4v) is 0.816. The van der Waals surface area contributed by atoms with Crippen LogP contribution in [0.3, 0.4) is 0 Å². The van der Waals surface area contributed by atoms with E-state index in [0.29, 0.717) is 12.1 Å². The highest BCUT2D eigenvalue weighted by Gasteiger charge is 2.12. The Labute approximate surface area is 72.5 Å². The lowest BCUT2D eigenvalue weighted by atomic mass is 10.1. The lowest BCUT2D eigenvalue weighted by Crippen LogP contribution is -1.99. The van der Waals surface area contributed by atoms with Gasteiger partial charge in [0.2, 0.25) is 0 Å². The van der Waals surface area contributed by atoms with Gasteiger partial charge in [-0.25, -0.2) is 13.2 Å². The van der Waals surface area contributed by atoms with Gasteiger partial charge in [-0.2, -0.15) is 0 Å². The molecular weight excluding hydrogens is 181 g/mol. The van der Waals surface area contributed by atoms with Crippen molar-refractivity contribution >= 4 is 5.78 Å². The average Bonchev–Trinajstić information content (AvgIpc) is 2.12. The molecule has 1 aromatic carbocycles. The van der Waals surface area contributed by atoms with Gasteiger partial charge in [-0.3, -0.25) is 4.79 Å². The van der Waals surface area contributed by atoms with Crippen LogP contribution in [0.15, 0.2) is 24.8 Å². The van der Waals surface area contributed by atoms with Gasteiger partial charge in [-0.15, -0.1) is 0 Å². The van der Waals surface area contributed by atoms with Gasteiger partial charge in [0.1, 0.15) is 0 Å². The van der Waals surface area contributed by atoms with Crippen LogP contribution in [0.25, 0.3) is 0 Å². The van der Waals surface area contributed by atoms with Crippen LogP contribution >= 0.6 is 0 Å². The zero-order valence-corrected chi connectivity index (χ0v) is 6.48. The van der Waals surface area contributed by atoms with Crippen LogP contribution < -0.4 is 0 Å². The zero-order valence-electron chi connectivity index (χ0n) is 6.48. The molecule has 0 radical (unpaired) electrons. The SMILES string of the molecule is C=CC(=O)c1cc(F)c(F)c(F)c1. The third-order valence-corrected chi connectivity index (χ3v) is 1.45. The van der Waals surface area contributed by atoms with Crippen LogP contribution in [0, 0.1) is 17.5 Å². The molecule has 0 aliphatic carbocycles. The summed E-state index contributed by atoms with van der Waals surface area (Å²) in [5.41, 5.74) is -0.258. The van der Waals surface area contributed by atoms with Gasteiger partial charge in [0.25, 0.3) is 0 Å². The highest BCUT2D eigenvalue weighted by Crippen LogP contribution is 2.13. The van der Waals surface area contributed by atoms with Crippen LogP contribution in [-0.2, 0) is 0 Å². The van der Waals surface area contributed by atoms with E-state index < -0.39 is 23.2 Å². The second kappa shape index (κ2) is 3.43. The smallest absolute Gasteiger partial charge is 0.194 e. The van der Waals surface area contributed by atoms with Crippen LogP contribution in [0.2, 0.25) is 0 Å². The first-order valence-corrected chi connectivity index (χ1v) is 3.37. The maximum absolute atomic E-state index is 12.5. The summed E-state index contributed by atoms with van der Waals surface area (Å²) in [6, 6.07) is 1.25. The first-order valence-electron chi connectivity index (χ1n) is 3.37. The Bertz CT molecular complexity index is 348. The molecule has 68 valence electrons. The number of halogens is 3. The van der Waals surface area contributed by atoms with Gasteiger partial charge in [0, 0.05) is 5.56 Å². The second-order valence-corrected chi connectivity index (χ2v) is 2.32. The number of carbonyl (C=O) groups is 1. The minimum absolute atomic E-state index is 0.258. The second-order valence-electron chi connectivity index (χ2n) is 2.32. The van der Waals surface area contributed by atoms with E-state index in [-0.39, 0.29) is 5.56 Å². The molecule has 1 nitrogen and oxygen atoms in total. The summed E-state index contributed by atoms with van der Waals surface area (Å²) in [7, 11) is 0. The van der Waals surface area contributed by atoms with Crippen molar-refractivity contribution in [2.24, 2.45) is 0 Å². The predicted molar refractivity (Wildman–Crippen MR) is 40.8 cm³/mol. The molecule has 0 fully saturated rings. The molecule has 1 rings (SSSR count). The number of allylic oxidation sites excluding steroid dienone is 1. The number of hydrogen-bond acceptors (Lipinski definition) is 1. The Morgan fingerprint density at radius 3 is 2.08 bits per heavy atom. The number of rotatable bonds is 2. The molecule has 1 aromatic rings. The first kappa shape index (κ1) is 9.51. The zero-order chi connectivity index (χ0) is 10.0. The fraction of sp³-hybridized carbons (Fsp3) is 0. The van der Waals surface area contributed by atoms with Crippen molar-refractivity contribution in [1.82, 2.24) is 0 Å². The van der Waals surface area contributed by atoms with Crippen molar-refractivity contribution in [2.75, 3.05) is 0 Å². The van der Waals surface area contributed by atoms with E-state index in [4.69, 9.17) is 0 Å². The Kier molecular flexibility index (Phi) is 2.51. The molecule has 0 bridgehead atoms. The molecule has 0 aliphatic rings. The predicted octanol–water partition coefficient (Wildman–Crippen LogP) is 2.47. The van der Waals surface area contributed by atoms with E-state index in [1.807, 2.05) is 0 Å². The van der Waals surface area contributed by atoms with E-state index in [9.17, 15) is 18.0 Å². The van der Waals surface area contributed by atoms with Crippen LogP contribution in [-0.4, -0.2) is 5.78 Å². The van der Waals surface area contributed by atoms with Crippen LogP contribution in [0.5, 0.6) is 0 Å². The monoisotopic (exact) mass is 186 g/mol. The summed E-state index contributed by atoms with van der Waals surface area (Å²) in [5, 5.41) is 0. The summed E-state index contributed by atoms with van der Waals surface area (Å²) >= 11 is 0. The van der Waals surface area contributed by atoms with Crippen molar-refractivity contribution in [3.63, 3.8) is 0 Å². The van der Waals surface area contributed by atoms with Crippen molar-refractivity contribution in [3.8, 4) is 0 Å². The molecule has 13 heavy (non-hydrogen) atoms. The number of hydrogen-bond donors (Lipinski definition) is 0. The highest BCUT2D eigenvalue weighted by atomic mass is 19.2. The van der Waals surface area contributed by atoms with Crippen LogP contribution in [0.1, 0.15) is 10.4 Å². The van der Waals surface area contributed by atoms with Gasteiger partial charge >= 0.3 is 0 Å². The molecular formula is C9H5F3O. The van der Waals surface area contributed by atoms with Gasteiger partial charge in [-0.1, -0.05) is 6.58 Å². The molecule has 4 heteroatoms. The molecule has 0 aromatic heterocycles. The van der Waals surface area contributed by atoms with Crippen molar-refractivity contribution < 1.29 is 18.0 Å². The highest BCUT2D eigenvalue weighted by molar-refractivity contribution is 6.04. The third-order valence-electron chi connectivity index (χ3n) is 1.45. The summed E-state index contributed by atoms with van der Waals surface area (Å²) in [5.74, 6) is -5.01. The van der Waals surface area contributed by atoms with Crippen molar-refractivity contribution in [3.05, 3.63) is 47.8 Å². The molecule has 0 saturated heterocycles. The average molecular weight is 186 g/mol. The normalized spacial score (nSPS) is 9.77. The van der Waals surface area contributed by atoms with E-state index in [2.05, 4.69) is 6.58 Å². The molecule has 0 spiro atoms. The van der Waals surface area contributed by atoms with Gasteiger partial charge in [-0.05, 0) is 18.2 Å². The van der Waals surface area contributed by atoms with E-state index >= 15 is 0 Å². The quantitative estimate of drug-likeness (QED) is 0.394. The third kappa shape index (κ3) is 1.77. The topological polar surface area (TPSA) is 17.1 Å². The van der Waals surface area contributed by atoms with Gasteiger partial charge < -0.3 is 0 Å². The van der Waals surface area contributed by atoms with Crippen LogP contribution in [0.4, 0.5) is 13.2 Å². The Morgan fingerprint density at radius 2 is 1.69 bits per heavy atom. The molecule has 0 N–H and O–H groups in total. The first-order chi connectivity index (χ1) is 6.06. The van der Waals surface area contributed by atoms with E-state index in [1.54, 1.807) is 0 Å². The summed E-state index contributed by atoms with van der Waals surface area (Å²) in [6.45, 7) is 3.13. The van der Waals surface area contributed by atoms with E-state index in [1.165, 1.54) is 0 Å². The maximum Gasteiger partial charge on any atom is 0.194 e. The standard InChI is InChI=1S/C9H5F3O/c1-2-8(13)5-3-6(10)9(12)7(11)4-5/h2-4H,1H2. The molecule has 0 atom stereocenters. The lowest BCUT2D eigenvalue weighted by Gasteiger charge is -1.98. The van der Waals surface area contributed by atoms with Gasteiger partial charge in [0.05, 0.1) is 0 Å². The number of benzene rings is 1. The molecule has 0 aliphatic heterocycles. The number of carbonyl (C=O) groups excluding carboxylic acids is 1. The summed E-state index contributed by atoms with van der Waals surface area (Å²) in [4.78, 5) is 10.9. The minimum Gasteiger partial charge on any atom is -0.289 e. The molecule has 0 saturated carbocycles. The Hall–Kier alpha value is -1.58. The Morgan fingerprint density at radius 1 is 1.23 bits per heavy atom. The lowest BCUT2D eigenvalue weighted by molar-refractivity contribution is 0.104. The number of ketones is 1. The molecule has 0 amide bonds. The van der Waals surface area contributed by atoms with Crippen molar-refractivity contribution in [1.29, 1.82) is 0 Å². The summed E-state index contributed by atoms with van der Waals surface area (Å²) < 4.78 is 37.5. The maximum atomic E-state index is 12.5. The minimum atomic E-state index is -1.58. The molecule has 0 unspecified atom stereocenters. The van der Waals surface area contributed by atoms with Crippen molar-refractivity contribution in [2.45, 2.75) is 0 Å². The molecule has 0 heterocycles.